The Balaban J connectivity index is 2.05. The molecule has 0 fully saturated rings. The molecule has 98 valence electrons. The normalized spacial score (nSPS) is 10.4. The predicted molar refractivity (Wildman–Crippen MR) is 70.5 cm³/mol. The summed E-state index contributed by atoms with van der Waals surface area (Å²) in [5.74, 6) is -0.0719. The zero-order chi connectivity index (χ0) is 14.1. The zero-order valence-corrected chi connectivity index (χ0v) is 10.1. The van der Waals surface area contributed by atoms with Crippen molar-refractivity contribution >= 4 is 28.5 Å². The quantitative estimate of drug-likeness (QED) is 0.651. The molecule has 0 spiro atoms. The molecule has 2 aromatic heterocycles. The monoisotopic (exact) mass is 269 g/mol. The van der Waals surface area contributed by atoms with Gasteiger partial charge in [-0.25, -0.2) is 4.39 Å². The van der Waals surface area contributed by atoms with Crippen molar-refractivity contribution in [2.24, 2.45) is 0 Å². The molecular formula is C12H8FN7. The van der Waals surface area contributed by atoms with E-state index in [1.165, 1.54) is 18.2 Å². The van der Waals surface area contributed by atoms with Crippen LogP contribution in [0, 0.1) is 17.1 Å². The number of halogens is 1. The lowest BCUT2D eigenvalue weighted by molar-refractivity contribution is 0.624. The van der Waals surface area contributed by atoms with Crippen LogP contribution in [0.15, 0.2) is 24.4 Å². The van der Waals surface area contributed by atoms with Gasteiger partial charge in [-0.1, -0.05) is 0 Å². The summed E-state index contributed by atoms with van der Waals surface area (Å²) in [7, 11) is 0. The van der Waals surface area contributed by atoms with Gasteiger partial charge in [0.2, 0.25) is 5.95 Å². The Morgan fingerprint density at radius 3 is 3.00 bits per heavy atom. The van der Waals surface area contributed by atoms with Crippen molar-refractivity contribution in [2.75, 3.05) is 11.1 Å². The van der Waals surface area contributed by atoms with E-state index in [4.69, 9.17) is 11.0 Å². The molecule has 2 heterocycles. The Morgan fingerprint density at radius 2 is 2.20 bits per heavy atom. The second-order valence-electron chi connectivity index (χ2n) is 3.99. The molecule has 0 saturated carbocycles. The van der Waals surface area contributed by atoms with Gasteiger partial charge in [0.15, 0.2) is 5.65 Å². The van der Waals surface area contributed by atoms with Crippen molar-refractivity contribution in [3.05, 3.63) is 35.8 Å². The number of hydrogen-bond acceptors (Lipinski definition) is 6. The summed E-state index contributed by atoms with van der Waals surface area (Å²) in [5.41, 5.74) is 6.55. The third-order valence-electron chi connectivity index (χ3n) is 2.68. The van der Waals surface area contributed by atoms with Crippen molar-refractivity contribution in [1.29, 1.82) is 5.26 Å². The molecule has 1 aromatic carbocycles. The van der Waals surface area contributed by atoms with E-state index in [1.54, 1.807) is 12.3 Å². The number of H-pyrrole nitrogens is 1. The third kappa shape index (κ3) is 1.97. The number of hydrogen-bond donors (Lipinski definition) is 3. The van der Waals surface area contributed by atoms with Crippen LogP contribution in [-0.4, -0.2) is 20.2 Å². The highest BCUT2D eigenvalue weighted by atomic mass is 19.1. The Hall–Kier alpha value is -3.21. The van der Waals surface area contributed by atoms with Crippen molar-refractivity contribution < 1.29 is 4.39 Å². The SMILES string of the molecule is N#Cc1cc(Nc2nc(N)nc3[nH]ncc23)ccc1F. The average molecular weight is 269 g/mol. The number of rotatable bonds is 2. The van der Waals surface area contributed by atoms with E-state index in [1.807, 2.05) is 0 Å². The summed E-state index contributed by atoms with van der Waals surface area (Å²) in [6.07, 6.45) is 1.55. The third-order valence-corrected chi connectivity index (χ3v) is 2.68. The van der Waals surface area contributed by atoms with Crippen LogP contribution < -0.4 is 11.1 Å². The Morgan fingerprint density at radius 1 is 1.35 bits per heavy atom. The summed E-state index contributed by atoms with van der Waals surface area (Å²) in [6.45, 7) is 0. The van der Waals surface area contributed by atoms with E-state index in [0.29, 0.717) is 22.5 Å². The minimum Gasteiger partial charge on any atom is -0.368 e. The largest absolute Gasteiger partial charge is 0.368 e. The van der Waals surface area contributed by atoms with Crippen molar-refractivity contribution in [2.45, 2.75) is 0 Å². The highest BCUT2D eigenvalue weighted by Gasteiger charge is 2.09. The second-order valence-corrected chi connectivity index (χ2v) is 3.99. The number of fused-ring (bicyclic) bond motifs is 1. The maximum Gasteiger partial charge on any atom is 0.224 e. The van der Waals surface area contributed by atoms with Gasteiger partial charge in [-0.3, -0.25) is 5.10 Å². The van der Waals surface area contributed by atoms with Gasteiger partial charge >= 0.3 is 0 Å². The molecule has 0 bridgehead atoms. The number of benzene rings is 1. The van der Waals surface area contributed by atoms with Crippen LogP contribution in [0.2, 0.25) is 0 Å². The fourth-order valence-electron chi connectivity index (χ4n) is 1.77. The number of aromatic nitrogens is 4. The van der Waals surface area contributed by atoms with Crippen LogP contribution in [0.5, 0.6) is 0 Å². The lowest BCUT2D eigenvalue weighted by atomic mass is 10.2. The van der Waals surface area contributed by atoms with Gasteiger partial charge in [0, 0.05) is 5.69 Å². The number of aromatic amines is 1. The number of anilines is 3. The highest BCUT2D eigenvalue weighted by Crippen LogP contribution is 2.24. The summed E-state index contributed by atoms with van der Waals surface area (Å²) in [4.78, 5) is 8.05. The highest BCUT2D eigenvalue weighted by molar-refractivity contribution is 5.88. The van der Waals surface area contributed by atoms with E-state index < -0.39 is 5.82 Å². The number of nitrogens with one attached hydrogen (secondary N) is 2. The first kappa shape index (κ1) is 11.9. The minimum atomic E-state index is -0.575. The van der Waals surface area contributed by atoms with Crippen LogP contribution in [0.25, 0.3) is 11.0 Å². The first-order valence-electron chi connectivity index (χ1n) is 5.60. The number of nitrogens with two attached hydrogens (primary N) is 1. The molecule has 4 N–H and O–H groups in total. The Kier molecular flexibility index (Phi) is 2.65. The van der Waals surface area contributed by atoms with Gasteiger partial charge in [-0.05, 0) is 18.2 Å². The summed E-state index contributed by atoms with van der Waals surface area (Å²) < 4.78 is 13.3. The van der Waals surface area contributed by atoms with E-state index in [0.717, 1.165) is 0 Å². The maximum absolute atomic E-state index is 13.3. The smallest absolute Gasteiger partial charge is 0.224 e. The molecule has 3 aromatic rings. The molecule has 8 heteroatoms. The van der Waals surface area contributed by atoms with E-state index in [-0.39, 0.29) is 11.5 Å². The lowest BCUT2D eigenvalue weighted by Crippen LogP contribution is -2.01. The fraction of sp³-hybridized carbons (Fsp3) is 0. The van der Waals surface area contributed by atoms with Crippen molar-refractivity contribution in [3.8, 4) is 6.07 Å². The summed E-state index contributed by atoms with van der Waals surface area (Å²) in [6, 6.07) is 5.87. The number of nitrogen functional groups attached to an aromatic ring is 1. The van der Waals surface area contributed by atoms with Crippen LogP contribution in [0.1, 0.15) is 5.56 Å². The molecule has 0 atom stereocenters. The molecule has 3 rings (SSSR count). The van der Waals surface area contributed by atoms with E-state index in [9.17, 15) is 4.39 Å². The van der Waals surface area contributed by atoms with Crippen LogP contribution in [0.4, 0.5) is 21.8 Å². The van der Waals surface area contributed by atoms with Crippen LogP contribution in [-0.2, 0) is 0 Å². The Labute approximate surface area is 112 Å². The van der Waals surface area contributed by atoms with Crippen molar-refractivity contribution in [1.82, 2.24) is 20.2 Å². The predicted octanol–water partition coefficient (Wildman–Crippen LogP) is 1.69. The Bertz CT molecular complexity index is 833. The maximum atomic E-state index is 13.3. The molecule has 7 nitrogen and oxygen atoms in total. The fourth-order valence-corrected chi connectivity index (χ4v) is 1.77. The van der Waals surface area contributed by atoms with E-state index in [2.05, 4.69) is 25.5 Å². The van der Waals surface area contributed by atoms with Gasteiger partial charge in [0.1, 0.15) is 17.7 Å². The van der Waals surface area contributed by atoms with Crippen LogP contribution in [0.3, 0.4) is 0 Å². The number of nitriles is 1. The standard InChI is InChI=1S/C12H8FN7/c13-9-2-1-7(3-6(9)4-14)17-10-8-5-16-20-11(8)19-12(15)18-10/h1-3,5H,(H4,15,16,17,18,19,20). The molecule has 0 aliphatic carbocycles. The molecule has 20 heavy (non-hydrogen) atoms. The summed E-state index contributed by atoms with van der Waals surface area (Å²) >= 11 is 0. The topological polar surface area (TPSA) is 116 Å². The van der Waals surface area contributed by atoms with Gasteiger partial charge < -0.3 is 11.1 Å². The molecule has 0 amide bonds. The van der Waals surface area contributed by atoms with Crippen molar-refractivity contribution in [3.63, 3.8) is 0 Å². The zero-order valence-electron chi connectivity index (χ0n) is 10.1. The molecule has 0 aliphatic heterocycles. The summed E-state index contributed by atoms with van der Waals surface area (Å²) in [5, 5.41) is 19.0. The van der Waals surface area contributed by atoms with Gasteiger partial charge in [-0.15, -0.1) is 0 Å². The molecular weight excluding hydrogens is 261 g/mol. The van der Waals surface area contributed by atoms with Gasteiger partial charge in [-0.2, -0.15) is 20.3 Å². The lowest BCUT2D eigenvalue weighted by Gasteiger charge is -2.07. The van der Waals surface area contributed by atoms with Gasteiger partial charge in [0.05, 0.1) is 17.1 Å². The molecule has 0 aliphatic rings. The van der Waals surface area contributed by atoms with Gasteiger partial charge in [0.25, 0.3) is 0 Å². The second kappa shape index (κ2) is 4.47. The molecule has 0 unspecified atom stereocenters. The first-order valence-corrected chi connectivity index (χ1v) is 5.60. The van der Waals surface area contributed by atoms with E-state index >= 15 is 0 Å². The number of nitrogens with zero attached hydrogens (tertiary/aromatic N) is 4. The minimum absolute atomic E-state index is 0.0551. The average Bonchev–Trinajstić information content (AvgIpc) is 2.89. The molecule has 0 radical (unpaired) electrons. The van der Waals surface area contributed by atoms with Crippen LogP contribution >= 0.6 is 0 Å². The first-order chi connectivity index (χ1) is 9.67. The molecule has 0 saturated heterocycles.